The van der Waals surface area contributed by atoms with Crippen LogP contribution < -0.4 is 15.7 Å². The summed E-state index contributed by atoms with van der Waals surface area (Å²) in [5, 5.41) is 3.73. The standard InChI is InChI=1S/C19H25NO4/c1-3-5-6-14(4-2)12-20-18(21)13-23-16-9-7-15-8-10-19(22)24-17(15)11-16/h7-11,14H,3-6,12-13H2,1-2H3,(H,20,21)/t14-/m0/s1. The normalized spacial score (nSPS) is 12.1. The molecule has 5 nitrogen and oxygen atoms in total. The average Bonchev–Trinajstić information content (AvgIpc) is 2.59. The minimum absolute atomic E-state index is 0.0488. The second kappa shape index (κ2) is 9.11. The summed E-state index contributed by atoms with van der Waals surface area (Å²) < 4.78 is 10.6. The Hall–Kier alpha value is -2.30. The van der Waals surface area contributed by atoms with Crippen LogP contribution in [0.25, 0.3) is 11.0 Å². The van der Waals surface area contributed by atoms with E-state index in [0.717, 1.165) is 18.2 Å². The van der Waals surface area contributed by atoms with E-state index >= 15 is 0 Å². The zero-order chi connectivity index (χ0) is 17.4. The molecule has 1 amide bonds. The molecule has 0 aliphatic heterocycles. The number of amides is 1. The largest absolute Gasteiger partial charge is 0.484 e. The average molecular weight is 331 g/mol. The predicted octanol–water partition coefficient (Wildman–Crippen LogP) is 3.50. The molecule has 0 aliphatic carbocycles. The molecule has 1 N–H and O–H groups in total. The van der Waals surface area contributed by atoms with Gasteiger partial charge in [0.2, 0.25) is 0 Å². The molecule has 0 radical (unpaired) electrons. The Balaban J connectivity index is 1.84. The van der Waals surface area contributed by atoms with Crippen LogP contribution in [-0.2, 0) is 4.79 Å². The van der Waals surface area contributed by atoms with Gasteiger partial charge in [-0.3, -0.25) is 4.79 Å². The maximum absolute atomic E-state index is 11.9. The van der Waals surface area contributed by atoms with Crippen molar-refractivity contribution in [3.8, 4) is 5.75 Å². The van der Waals surface area contributed by atoms with Gasteiger partial charge in [-0.2, -0.15) is 0 Å². The fourth-order valence-corrected chi connectivity index (χ4v) is 2.53. The summed E-state index contributed by atoms with van der Waals surface area (Å²) in [4.78, 5) is 23.2. The van der Waals surface area contributed by atoms with Crippen LogP contribution in [0.5, 0.6) is 5.75 Å². The van der Waals surface area contributed by atoms with Gasteiger partial charge in [0.1, 0.15) is 11.3 Å². The molecule has 1 aromatic heterocycles. The van der Waals surface area contributed by atoms with Gasteiger partial charge in [0.15, 0.2) is 6.61 Å². The van der Waals surface area contributed by atoms with E-state index in [0.29, 0.717) is 23.8 Å². The minimum Gasteiger partial charge on any atom is -0.484 e. The fraction of sp³-hybridized carbons (Fsp3) is 0.474. The molecule has 1 atom stereocenters. The van der Waals surface area contributed by atoms with E-state index in [1.54, 1.807) is 24.3 Å². The summed E-state index contributed by atoms with van der Waals surface area (Å²) in [5.74, 6) is 0.883. The molecule has 0 spiro atoms. The molecule has 0 unspecified atom stereocenters. The van der Waals surface area contributed by atoms with Crippen molar-refractivity contribution in [2.45, 2.75) is 39.5 Å². The predicted molar refractivity (Wildman–Crippen MR) is 94.3 cm³/mol. The lowest BCUT2D eigenvalue weighted by Gasteiger charge is -2.15. The van der Waals surface area contributed by atoms with E-state index in [1.807, 2.05) is 0 Å². The number of carbonyl (C=O) groups is 1. The first-order valence-corrected chi connectivity index (χ1v) is 8.55. The lowest BCUT2D eigenvalue weighted by atomic mass is 9.99. The van der Waals surface area contributed by atoms with Crippen molar-refractivity contribution in [3.05, 3.63) is 40.8 Å². The van der Waals surface area contributed by atoms with Gasteiger partial charge in [-0.05, 0) is 30.5 Å². The Morgan fingerprint density at radius 2 is 2.04 bits per heavy atom. The summed E-state index contributed by atoms with van der Waals surface area (Å²) in [5.41, 5.74) is 0.0427. The topological polar surface area (TPSA) is 68.5 Å². The molecule has 0 aliphatic rings. The van der Waals surface area contributed by atoms with Gasteiger partial charge in [0.25, 0.3) is 5.91 Å². The van der Waals surface area contributed by atoms with Crippen LogP contribution in [0.3, 0.4) is 0 Å². The quantitative estimate of drug-likeness (QED) is 0.714. The molecule has 0 bridgehead atoms. The van der Waals surface area contributed by atoms with Gasteiger partial charge in [0.05, 0.1) is 0 Å². The number of unbranched alkanes of at least 4 members (excludes halogenated alkanes) is 1. The maximum Gasteiger partial charge on any atom is 0.336 e. The molecular formula is C19H25NO4. The van der Waals surface area contributed by atoms with Crippen LogP contribution in [0.15, 0.2) is 39.5 Å². The summed E-state index contributed by atoms with van der Waals surface area (Å²) in [6, 6.07) is 8.24. The molecule has 0 fully saturated rings. The second-order valence-corrected chi connectivity index (χ2v) is 5.96. The third-order valence-electron chi connectivity index (χ3n) is 4.10. The zero-order valence-electron chi connectivity index (χ0n) is 14.3. The van der Waals surface area contributed by atoms with Crippen molar-refractivity contribution in [2.24, 2.45) is 5.92 Å². The van der Waals surface area contributed by atoms with E-state index in [9.17, 15) is 9.59 Å². The highest BCUT2D eigenvalue weighted by Gasteiger charge is 2.09. The summed E-state index contributed by atoms with van der Waals surface area (Å²) in [7, 11) is 0. The zero-order valence-corrected chi connectivity index (χ0v) is 14.3. The van der Waals surface area contributed by atoms with Crippen LogP contribution in [-0.4, -0.2) is 19.1 Å². The molecule has 0 saturated heterocycles. The van der Waals surface area contributed by atoms with Crippen LogP contribution in [0, 0.1) is 5.92 Å². The number of nitrogens with one attached hydrogen (secondary N) is 1. The number of fused-ring (bicyclic) bond motifs is 1. The number of ether oxygens (including phenoxy) is 1. The molecule has 1 aromatic carbocycles. The lowest BCUT2D eigenvalue weighted by Crippen LogP contribution is -2.33. The molecule has 5 heteroatoms. The number of carbonyl (C=O) groups excluding carboxylic acids is 1. The summed E-state index contributed by atoms with van der Waals surface area (Å²) in [6.07, 6.45) is 4.56. The molecule has 2 aromatic rings. The van der Waals surface area contributed by atoms with Crippen LogP contribution in [0.2, 0.25) is 0 Å². The molecule has 2 rings (SSSR count). The molecule has 24 heavy (non-hydrogen) atoms. The van der Waals surface area contributed by atoms with Crippen molar-refractivity contribution in [3.63, 3.8) is 0 Å². The van der Waals surface area contributed by atoms with Gasteiger partial charge in [-0.15, -0.1) is 0 Å². The Bertz CT molecular complexity index is 723. The third-order valence-corrected chi connectivity index (χ3v) is 4.10. The van der Waals surface area contributed by atoms with Crippen LogP contribution in [0.1, 0.15) is 39.5 Å². The van der Waals surface area contributed by atoms with Crippen molar-refractivity contribution in [1.29, 1.82) is 0 Å². The van der Waals surface area contributed by atoms with E-state index in [4.69, 9.17) is 9.15 Å². The number of hydrogen-bond donors (Lipinski definition) is 1. The first-order chi connectivity index (χ1) is 11.6. The monoisotopic (exact) mass is 331 g/mol. The van der Waals surface area contributed by atoms with Gasteiger partial charge in [-0.25, -0.2) is 4.79 Å². The Morgan fingerprint density at radius 3 is 2.79 bits per heavy atom. The Labute approximate surface area is 142 Å². The van der Waals surface area contributed by atoms with E-state index in [2.05, 4.69) is 19.2 Å². The van der Waals surface area contributed by atoms with E-state index in [1.165, 1.54) is 18.9 Å². The smallest absolute Gasteiger partial charge is 0.336 e. The number of benzene rings is 1. The van der Waals surface area contributed by atoms with Crippen molar-refractivity contribution in [1.82, 2.24) is 5.32 Å². The Morgan fingerprint density at radius 1 is 1.25 bits per heavy atom. The summed E-state index contributed by atoms with van der Waals surface area (Å²) >= 11 is 0. The Kier molecular flexibility index (Phi) is 6.85. The number of rotatable bonds is 9. The van der Waals surface area contributed by atoms with Gasteiger partial charge >= 0.3 is 5.63 Å². The molecule has 130 valence electrons. The maximum atomic E-state index is 11.9. The third kappa shape index (κ3) is 5.41. The highest BCUT2D eigenvalue weighted by Crippen LogP contribution is 2.19. The number of hydrogen-bond acceptors (Lipinski definition) is 4. The van der Waals surface area contributed by atoms with Crippen molar-refractivity contribution < 1.29 is 13.9 Å². The molecule has 0 saturated carbocycles. The minimum atomic E-state index is -0.407. The second-order valence-electron chi connectivity index (χ2n) is 5.96. The van der Waals surface area contributed by atoms with Crippen LogP contribution in [0.4, 0.5) is 0 Å². The first-order valence-electron chi connectivity index (χ1n) is 8.55. The fourth-order valence-electron chi connectivity index (χ4n) is 2.53. The van der Waals surface area contributed by atoms with Gasteiger partial charge in [0, 0.05) is 24.1 Å². The highest BCUT2D eigenvalue weighted by atomic mass is 16.5. The molecular weight excluding hydrogens is 306 g/mol. The molecule has 1 heterocycles. The summed E-state index contributed by atoms with van der Waals surface area (Å²) in [6.45, 7) is 4.95. The SMILES string of the molecule is CCCC[C@H](CC)CNC(=O)COc1ccc2ccc(=O)oc2c1. The first kappa shape index (κ1) is 18.0. The van der Waals surface area contributed by atoms with E-state index in [-0.39, 0.29) is 12.5 Å². The lowest BCUT2D eigenvalue weighted by molar-refractivity contribution is -0.123. The highest BCUT2D eigenvalue weighted by molar-refractivity contribution is 5.79. The van der Waals surface area contributed by atoms with Gasteiger partial charge < -0.3 is 14.5 Å². The van der Waals surface area contributed by atoms with Crippen molar-refractivity contribution >= 4 is 16.9 Å². The van der Waals surface area contributed by atoms with Crippen molar-refractivity contribution in [2.75, 3.05) is 13.2 Å². The van der Waals surface area contributed by atoms with E-state index < -0.39 is 5.63 Å². The van der Waals surface area contributed by atoms with Crippen LogP contribution >= 0.6 is 0 Å². The van der Waals surface area contributed by atoms with Gasteiger partial charge in [-0.1, -0.05) is 33.1 Å².